The van der Waals surface area contributed by atoms with Gasteiger partial charge in [-0.3, -0.25) is 4.79 Å². The standard InChI is InChI=1S/C10H13ClN2O3S2/c11-8-3-5-17-9(8)10(14)13-4-1-2-7(6-13)18(12,15)16/h3,5,7H,1-2,4,6H2,(H2,12,15,16). The minimum absolute atomic E-state index is 0.145. The van der Waals surface area contributed by atoms with E-state index in [9.17, 15) is 13.2 Å². The molecule has 2 rings (SSSR count). The molecule has 0 spiro atoms. The van der Waals surface area contributed by atoms with Gasteiger partial charge in [-0.05, 0) is 24.3 Å². The Kier molecular flexibility index (Phi) is 3.96. The smallest absolute Gasteiger partial charge is 0.265 e. The highest BCUT2D eigenvalue weighted by Gasteiger charge is 2.31. The fourth-order valence-electron chi connectivity index (χ4n) is 1.98. The number of carbonyl (C=O) groups excluding carboxylic acids is 1. The highest BCUT2D eigenvalue weighted by Crippen LogP contribution is 2.25. The van der Waals surface area contributed by atoms with Gasteiger partial charge in [0.05, 0.1) is 10.3 Å². The van der Waals surface area contributed by atoms with Gasteiger partial charge in [0.25, 0.3) is 5.91 Å². The Morgan fingerprint density at radius 3 is 2.83 bits per heavy atom. The monoisotopic (exact) mass is 308 g/mol. The third kappa shape index (κ3) is 2.85. The Bertz CT molecular complexity index is 555. The Labute approximate surface area is 115 Å². The number of halogens is 1. The molecule has 1 atom stereocenters. The van der Waals surface area contributed by atoms with Gasteiger partial charge < -0.3 is 4.90 Å². The summed E-state index contributed by atoms with van der Waals surface area (Å²) in [5, 5.41) is 6.60. The van der Waals surface area contributed by atoms with Crippen molar-refractivity contribution in [1.29, 1.82) is 0 Å². The summed E-state index contributed by atoms with van der Waals surface area (Å²) in [6.45, 7) is 0.685. The topological polar surface area (TPSA) is 80.5 Å². The molecule has 1 aliphatic heterocycles. The molecule has 2 N–H and O–H groups in total. The summed E-state index contributed by atoms with van der Waals surface area (Å²) in [6, 6.07) is 1.65. The van der Waals surface area contributed by atoms with E-state index in [1.165, 1.54) is 16.2 Å². The van der Waals surface area contributed by atoms with Crippen LogP contribution in [0, 0.1) is 0 Å². The summed E-state index contributed by atoms with van der Waals surface area (Å²) in [5.41, 5.74) is 0. The van der Waals surface area contributed by atoms with Crippen molar-refractivity contribution < 1.29 is 13.2 Å². The van der Waals surface area contributed by atoms with E-state index in [-0.39, 0.29) is 12.5 Å². The maximum atomic E-state index is 12.2. The van der Waals surface area contributed by atoms with Gasteiger partial charge in [-0.15, -0.1) is 11.3 Å². The van der Waals surface area contributed by atoms with Gasteiger partial charge in [0.2, 0.25) is 10.0 Å². The van der Waals surface area contributed by atoms with Crippen LogP contribution in [0.4, 0.5) is 0 Å². The van der Waals surface area contributed by atoms with E-state index in [1.54, 1.807) is 11.4 Å². The van der Waals surface area contributed by atoms with E-state index in [1.807, 2.05) is 0 Å². The molecule has 1 fully saturated rings. The molecule has 8 heteroatoms. The van der Waals surface area contributed by atoms with E-state index < -0.39 is 15.3 Å². The van der Waals surface area contributed by atoms with Crippen LogP contribution in [0.5, 0.6) is 0 Å². The van der Waals surface area contributed by atoms with Gasteiger partial charge in [-0.25, -0.2) is 13.6 Å². The van der Waals surface area contributed by atoms with E-state index in [0.717, 1.165) is 0 Å². The molecule has 5 nitrogen and oxygen atoms in total. The van der Waals surface area contributed by atoms with Gasteiger partial charge in [0.1, 0.15) is 4.88 Å². The molecule has 0 aromatic carbocycles. The zero-order valence-electron chi connectivity index (χ0n) is 9.50. The Balaban J connectivity index is 2.15. The van der Waals surface area contributed by atoms with E-state index in [0.29, 0.717) is 29.3 Å². The molecule has 1 amide bonds. The molecule has 0 radical (unpaired) electrons. The van der Waals surface area contributed by atoms with Gasteiger partial charge in [-0.1, -0.05) is 11.6 Å². The van der Waals surface area contributed by atoms with Crippen LogP contribution in [0.3, 0.4) is 0 Å². The number of piperidine rings is 1. The fraction of sp³-hybridized carbons (Fsp3) is 0.500. The molecular formula is C10H13ClN2O3S2. The van der Waals surface area contributed by atoms with Crippen LogP contribution in [-0.4, -0.2) is 37.6 Å². The zero-order valence-corrected chi connectivity index (χ0v) is 11.9. The Morgan fingerprint density at radius 1 is 1.56 bits per heavy atom. The van der Waals surface area contributed by atoms with Gasteiger partial charge >= 0.3 is 0 Å². The lowest BCUT2D eigenvalue weighted by molar-refractivity contribution is 0.0732. The van der Waals surface area contributed by atoms with Crippen molar-refractivity contribution in [2.45, 2.75) is 18.1 Å². The van der Waals surface area contributed by atoms with E-state index >= 15 is 0 Å². The lowest BCUT2D eigenvalue weighted by Gasteiger charge is -2.31. The predicted molar refractivity (Wildman–Crippen MR) is 71.4 cm³/mol. The number of primary sulfonamides is 1. The molecule has 2 heterocycles. The maximum absolute atomic E-state index is 12.2. The van der Waals surface area contributed by atoms with E-state index in [2.05, 4.69) is 0 Å². The second-order valence-electron chi connectivity index (χ2n) is 4.20. The van der Waals surface area contributed by atoms with Gasteiger partial charge in [-0.2, -0.15) is 0 Å². The number of nitrogens with two attached hydrogens (primary N) is 1. The van der Waals surface area contributed by atoms with Crippen molar-refractivity contribution in [1.82, 2.24) is 4.90 Å². The molecule has 18 heavy (non-hydrogen) atoms. The average Bonchev–Trinajstić information content (AvgIpc) is 2.73. The summed E-state index contributed by atoms with van der Waals surface area (Å²) in [4.78, 5) is 14.1. The van der Waals surface area contributed by atoms with Gasteiger partial charge in [0.15, 0.2) is 0 Å². The largest absolute Gasteiger partial charge is 0.337 e. The predicted octanol–water partition coefficient (Wildman–Crippen LogP) is 1.29. The summed E-state index contributed by atoms with van der Waals surface area (Å²) in [7, 11) is -3.59. The van der Waals surface area contributed by atoms with Crippen LogP contribution in [-0.2, 0) is 10.0 Å². The van der Waals surface area contributed by atoms with Crippen molar-refractivity contribution in [3.05, 3.63) is 21.3 Å². The lowest BCUT2D eigenvalue weighted by Crippen LogP contribution is -2.46. The van der Waals surface area contributed by atoms with Gasteiger partial charge in [0, 0.05) is 13.1 Å². The molecule has 0 aliphatic carbocycles. The number of rotatable bonds is 2. The summed E-state index contributed by atoms with van der Waals surface area (Å²) < 4.78 is 22.6. The van der Waals surface area contributed by atoms with E-state index in [4.69, 9.17) is 16.7 Å². The number of carbonyl (C=O) groups is 1. The molecule has 1 aromatic heterocycles. The highest BCUT2D eigenvalue weighted by molar-refractivity contribution is 7.89. The molecule has 1 saturated heterocycles. The number of nitrogens with zero attached hydrogens (tertiary/aromatic N) is 1. The zero-order chi connectivity index (χ0) is 13.3. The Hall–Kier alpha value is -0.630. The normalized spacial score (nSPS) is 21.0. The summed E-state index contributed by atoms with van der Waals surface area (Å²) in [5.74, 6) is -0.219. The second kappa shape index (κ2) is 5.16. The number of amides is 1. The molecule has 100 valence electrons. The third-order valence-electron chi connectivity index (χ3n) is 2.94. The Morgan fingerprint density at radius 2 is 2.28 bits per heavy atom. The second-order valence-corrected chi connectivity index (χ2v) is 7.37. The number of sulfonamides is 1. The van der Waals surface area contributed by atoms with Crippen LogP contribution in [0.1, 0.15) is 22.5 Å². The average molecular weight is 309 g/mol. The van der Waals surface area contributed by atoms with Crippen LogP contribution >= 0.6 is 22.9 Å². The van der Waals surface area contributed by atoms with Crippen molar-refractivity contribution >= 4 is 38.9 Å². The molecule has 0 bridgehead atoms. The first kappa shape index (κ1) is 13.8. The molecule has 1 aromatic rings. The SMILES string of the molecule is NS(=O)(=O)C1CCCN(C(=O)c2sccc2Cl)C1. The molecule has 1 unspecified atom stereocenters. The van der Waals surface area contributed by atoms with Crippen LogP contribution in [0.15, 0.2) is 11.4 Å². The number of hydrogen-bond donors (Lipinski definition) is 1. The summed E-state index contributed by atoms with van der Waals surface area (Å²) >= 11 is 7.16. The molecule has 0 saturated carbocycles. The first-order chi connectivity index (χ1) is 8.39. The minimum Gasteiger partial charge on any atom is -0.337 e. The maximum Gasteiger partial charge on any atom is 0.265 e. The first-order valence-corrected chi connectivity index (χ1v) is 8.30. The quantitative estimate of drug-likeness (QED) is 0.894. The third-order valence-corrected chi connectivity index (χ3v) is 5.58. The molecule has 1 aliphatic rings. The van der Waals surface area contributed by atoms with Crippen LogP contribution < -0.4 is 5.14 Å². The van der Waals surface area contributed by atoms with Crippen molar-refractivity contribution in [2.24, 2.45) is 5.14 Å². The highest BCUT2D eigenvalue weighted by atomic mass is 35.5. The lowest BCUT2D eigenvalue weighted by atomic mass is 10.1. The van der Waals surface area contributed by atoms with Crippen LogP contribution in [0.25, 0.3) is 0 Å². The van der Waals surface area contributed by atoms with Crippen molar-refractivity contribution in [3.8, 4) is 0 Å². The molecular weight excluding hydrogens is 296 g/mol. The fourth-order valence-corrected chi connectivity index (χ4v) is 3.97. The van der Waals surface area contributed by atoms with Crippen molar-refractivity contribution in [3.63, 3.8) is 0 Å². The number of thiophene rings is 1. The first-order valence-electron chi connectivity index (χ1n) is 5.43. The summed E-state index contributed by atoms with van der Waals surface area (Å²) in [6.07, 6.45) is 1.14. The number of likely N-dealkylation sites (tertiary alicyclic amines) is 1. The van der Waals surface area contributed by atoms with Crippen molar-refractivity contribution in [2.75, 3.05) is 13.1 Å². The number of hydrogen-bond acceptors (Lipinski definition) is 4. The minimum atomic E-state index is -3.59. The van der Waals surface area contributed by atoms with Crippen LogP contribution in [0.2, 0.25) is 5.02 Å².